The van der Waals surface area contributed by atoms with Crippen LogP contribution in [0.2, 0.25) is 5.02 Å². The summed E-state index contributed by atoms with van der Waals surface area (Å²) in [6.07, 6.45) is -5.99. The summed E-state index contributed by atoms with van der Waals surface area (Å²) in [7, 11) is 0. The average Bonchev–Trinajstić information content (AvgIpc) is 3.13. The van der Waals surface area contributed by atoms with Gasteiger partial charge in [-0.15, -0.1) is 11.3 Å². The Morgan fingerprint density at radius 2 is 1.90 bits per heavy atom. The van der Waals surface area contributed by atoms with E-state index in [9.17, 15) is 37.0 Å². The van der Waals surface area contributed by atoms with Crippen LogP contribution in [-0.4, -0.2) is 32.2 Å². The van der Waals surface area contributed by atoms with Gasteiger partial charge in [0.05, 0.1) is 21.2 Å². The van der Waals surface area contributed by atoms with Crippen LogP contribution in [0, 0.1) is 6.92 Å². The molecule has 0 spiro atoms. The number of fused-ring (bicyclic) bond motifs is 1. The molecule has 162 valence electrons. The molecule has 0 radical (unpaired) electrons. The van der Waals surface area contributed by atoms with Crippen LogP contribution < -0.4 is 0 Å². The van der Waals surface area contributed by atoms with Gasteiger partial charge in [-0.25, -0.2) is 0 Å². The molecule has 4 nitrogen and oxygen atoms in total. The molecule has 2 aromatic heterocycles. The number of rotatable bonds is 6. The van der Waals surface area contributed by atoms with Gasteiger partial charge in [-0.2, -0.15) is 22.0 Å². The molecular weight excluding hydrogens is 473 g/mol. The largest absolute Gasteiger partial charge is 0.506 e. The number of aromatic nitrogens is 1. The fourth-order valence-corrected chi connectivity index (χ4v) is 5.01. The second-order valence-corrected chi connectivity index (χ2v) is 9.17. The third-order valence-corrected chi connectivity index (χ3v) is 6.80. The number of aliphatic carboxylic acids is 1. The molecule has 30 heavy (non-hydrogen) atoms. The van der Waals surface area contributed by atoms with Gasteiger partial charge in [0.15, 0.2) is 0 Å². The van der Waals surface area contributed by atoms with Gasteiger partial charge in [-0.05, 0) is 53.4 Å². The van der Waals surface area contributed by atoms with Crippen LogP contribution in [0.15, 0.2) is 27.8 Å². The smallest absolute Gasteiger partial charge is 0.464 e. The molecule has 2 N–H and O–H groups in total. The van der Waals surface area contributed by atoms with Crippen LogP contribution in [0.4, 0.5) is 22.0 Å². The molecule has 0 fully saturated rings. The number of hydrogen-bond donors (Lipinski definition) is 2. The second-order valence-electron chi connectivity index (χ2n) is 6.43. The van der Waals surface area contributed by atoms with E-state index in [1.807, 2.05) is 0 Å². The third-order valence-electron chi connectivity index (χ3n) is 4.38. The molecule has 0 bridgehead atoms. The number of phenols is 1. The van der Waals surface area contributed by atoms with Crippen LogP contribution >= 0.6 is 34.7 Å². The lowest BCUT2D eigenvalue weighted by Gasteiger charge is -2.17. The summed E-state index contributed by atoms with van der Waals surface area (Å²) in [5.74, 6) is -1.31. The fraction of sp³-hybridized carbons (Fsp3) is 0.278. The van der Waals surface area contributed by atoms with E-state index in [1.165, 1.54) is 23.6 Å². The lowest BCUT2D eigenvalue weighted by Crippen LogP contribution is -2.32. The zero-order chi connectivity index (χ0) is 22.4. The van der Waals surface area contributed by atoms with E-state index >= 15 is 0 Å². The maximum absolute atomic E-state index is 13.3. The number of carbonyl (C=O) groups is 1. The SMILES string of the molecule is Cc1c(CC(=O)O)c2cc(O)c(Cl)cc2n1Cc1csc(SC(F)(F)C(F)(F)F)c1. The van der Waals surface area contributed by atoms with Gasteiger partial charge in [0.1, 0.15) is 5.75 Å². The zero-order valence-corrected chi connectivity index (χ0v) is 17.4. The molecule has 3 rings (SSSR count). The number of thioether (sulfide) groups is 1. The van der Waals surface area contributed by atoms with Crippen molar-refractivity contribution in [3.05, 3.63) is 45.4 Å². The number of halogens is 6. The van der Waals surface area contributed by atoms with Crippen molar-refractivity contribution >= 4 is 51.6 Å². The summed E-state index contributed by atoms with van der Waals surface area (Å²) in [5.41, 5.74) is 1.96. The molecule has 0 saturated heterocycles. The normalized spacial score (nSPS) is 12.6. The van der Waals surface area contributed by atoms with E-state index in [2.05, 4.69) is 0 Å². The maximum Gasteiger partial charge on any atom is 0.464 e. The minimum Gasteiger partial charge on any atom is -0.506 e. The number of nitrogens with zero attached hydrogens (tertiary/aromatic N) is 1. The monoisotopic (exact) mass is 485 g/mol. The molecule has 0 unspecified atom stereocenters. The lowest BCUT2D eigenvalue weighted by molar-refractivity contribution is -0.237. The Morgan fingerprint density at radius 3 is 2.50 bits per heavy atom. The van der Waals surface area contributed by atoms with Crippen LogP contribution in [0.1, 0.15) is 16.8 Å². The summed E-state index contributed by atoms with van der Waals surface area (Å²) in [6, 6.07) is 4.03. The quantitative estimate of drug-likeness (QED) is 0.318. The fourth-order valence-electron chi connectivity index (χ4n) is 2.99. The maximum atomic E-state index is 13.3. The Labute approximate surface area is 179 Å². The van der Waals surface area contributed by atoms with Gasteiger partial charge >= 0.3 is 17.4 Å². The standard InChI is InChI=1S/C18H13ClF5NO3S2/c1-8-10(4-15(27)28)11-3-14(26)12(19)5-13(11)25(8)6-9-2-16(29-7-9)30-18(23,24)17(20,21)22/h2-3,5,7,26H,4,6H2,1H3,(H,27,28). The number of alkyl halides is 5. The topological polar surface area (TPSA) is 62.5 Å². The molecule has 0 aliphatic rings. The molecule has 0 saturated carbocycles. The molecule has 1 aromatic carbocycles. The number of carboxylic acids is 1. The van der Waals surface area contributed by atoms with Gasteiger partial charge in [0.25, 0.3) is 0 Å². The molecule has 0 atom stereocenters. The van der Waals surface area contributed by atoms with Crippen molar-refractivity contribution < 1.29 is 37.0 Å². The number of thiophene rings is 1. The predicted octanol–water partition coefficient (Wildman–Crippen LogP) is 6.29. The molecule has 12 heteroatoms. The van der Waals surface area contributed by atoms with E-state index < -0.39 is 29.2 Å². The summed E-state index contributed by atoms with van der Waals surface area (Å²) in [4.78, 5) is 11.2. The van der Waals surface area contributed by atoms with E-state index in [0.717, 1.165) is 11.3 Å². The number of carboxylic acid groups (broad SMARTS) is 1. The molecule has 0 aliphatic carbocycles. The summed E-state index contributed by atoms with van der Waals surface area (Å²) < 4.78 is 65.3. The van der Waals surface area contributed by atoms with Crippen molar-refractivity contribution in [1.82, 2.24) is 4.57 Å². The third kappa shape index (κ3) is 4.37. The van der Waals surface area contributed by atoms with Gasteiger partial charge in [-0.1, -0.05) is 11.6 Å². The highest BCUT2D eigenvalue weighted by Crippen LogP contribution is 2.49. The highest BCUT2D eigenvalue weighted by atomic mass is 35.5. The van der Waals surface area contributed by atoms with Crippen molar-refractivity contribution in [3.8, 4) is 5.75 Å². The average molecular weight is 486 g/mol. The summed E-state index contributed by atoms with van der Waals surface area (Å²) >= 11 is 6.16. The van der Waals surface area contributed by atoms with E-state index in [-0.39, 0.29) is 27.9 Å². The van der Waals surface area contributed by atoms with Crippen molar-refractivity contribution in [2.24, 2.45) is 0 Å². The molecule has 2 heterocycles. The highest BCUT2D eigenvalue weighted by Gasteiger charge is 2.58. The van der Waals surface area contributed by atoms with Gasteiger partial charge in [0, 0.05) is 17.6 Å². The first-order valence-corrected chi connectivity index (χ1v) is 10.3. The molecular formula is C18H13ClF5NO3S2. The second kappa shape index (κ2) is 7.93. The highest BCUT2D eigenvalue weighted by molar-refractivity contribution is 8.02. The first-order valence-electron chi connectivity index (χ1n) is 8.23. The van der Waals surface area contributed by atoms with Crippen LogP contribution in [0.5, 0.6) is 5.75 Å². The summed E-state index contributed by atoms with van der Waals surface area (Å²) in [6.45, 7) is 1.75. The van der Waals surface area contributed by atoms with Crippen LogP contribution in [0.25, 0.3) is 10.9 Å². The first-order chi connectivity index (χ1) is 13.8. The molecule has 0 aliphatic heterocycles. The van der Waals surface area contributed by atoms with Gasteiger partial charge in [0.2, 0.25) is 0 Å². The van der Waals surface area contributed by atoms with E-state index in [4.69, 9.17) is 11.6 Å². The Kier molecular flexibility index (Phi) is 6.00. The Bertz CT molecular complexity index is 1120. The lowest BCUT2D eigenvalue weighted by atomic mass is 10.1. The van der Waals surface area contributed by atoms with Gasteiger partial charge in [-0.3, -0.25) is 4.79 Å². The van der Waals surface area contributed by atoms with Crippen molar-refractivity contribution in [2.45, 2.75) is 35.5 Å². The van der Waals surface area contributed by atoms with Crippen molar-refractivity contribution in [2.75, 3.05) is 0 Å². The Hall–Kier alpha value is -1.98. The zero-order valence-electron chi connectivity index (χ0n) is 15.1. The number of hydrogen-bond acceptors (Lipinski definition) is 4. The first kappa shape index (κ1) is 22.7. The van der Waals surface area contributed by atoms with Crippen LogP contribution in [-0.2, 0) is 17.8 Å². The molecule has 0 amide bonds. The molecule has 3 aromatic rings. The number of aromatic hydroxyl groups is 1. The number of benzene rings is 1. The van der Waals surface area contributed by atoms with E-state index in [1.54, 1.807) is 11.5 Å². The number of phenolic OH excluding ortho intramolecular Hbond substituents is 1. The van der Waals surface area contributed by atoms with Crippen molar-refractivity contribution in [1.29, 1.82) is 0 Å². The Morgan fingerprint density at radius 1 is 1.23 bits per heavy atom. The Balaban J connectivity index is 1.99. The van der Waals surface area contributed by atoms with E-state index in [0.29, 0.717) is 27.7 Å². The predicted molar refractivity (Wildman–Crippen MR) is 105 cm³/mol. The summed E-state index contributed by atoms with van der Waals surface area (Å²) in [5, 5.41) is 16.1. The minimum atomic E-state index is -5.67. The van der Waals surface area contributed by atoms with Gasteiger partial charge < -0.3 is 14.8 Å². The van der Waals surface area contributed by atoms with Crippen LogP contribution in [0.3, 0.4) is 0 Å². The van der Waals surface area contributed by atoms with Crippen molar-refractivity contribution in [3.63, 3.8) is 0 Å². The minimum absolute atomic E-state index is 0.0366.